The Bertz CT molecular complexity index is 701. The fourth-order valence-electron chi connectivity index (χ4n) is 2.78. The Hall–Kier alpha value is -2.00. The summed E-state index contributed by atoms with van der Waals surface area (Å²) in [6.45, 7) is 3.01. The summed E-state index contributed by atoms with van der Waals surface area (Å²) < 4.78 is 5.63. The summed E-state index contributed by atoms with van der Waals surface area (Å²) in [5.41, 5.74) is 2.23. The fraction of sp³-hybridized carbons (Fsp3) is 0.316. The van der Waals surface area contributed by atoms with Crippen LogP contribution in [0.25, 0.3) is 0 Å². The first-order valence-electron chi connectivity index (χ1n) is 7.87. The van der Waals surface area contributed by atoms with Crippen molar-refractivity contribution in [2.75, 3.05) is 13.2 Å². The summed E-state index contributed by atoms with van der Waals surface area (Å²) in [6.07, 6.45) is 0.869. The normalized spacial score (nSPS) is 19.2. The van der Waals surface area contributed by atoms with Gasteiger partial charge in [0, 0.05) is 10.9 Å². The van der Waals surface area contributed by atoms with Crippen LogP contribution in [0.2, 0.25) is 5.02 Å². The molecule has 3 rings (SSSR count). The van der Waals surface area contributed by atoms with E-state index < -0.39 is 0 Å². The Morgan fingerprint density at radius 3 is 2.87 bits per heavy atom. The Morgan fingerprint density at radius 2 is 2.09 bits per heavy atom. The van der Waals surface area contributed by atoms with Gasteiger partial charge in [0.05, 0.1) is 6.54 Å². The predicted molar refractivity (Wildman–Crippen MR) is 92.0 cm³/mol. The molecule has 1 saturated carbocycles. The standard InChI is InChI=1S/C19H20ClNO2/c1-13-5-4-6-14(11-13)23-10-9-21-19(22)17-12-16(17)15-7-2-3-8-18(15)20/h2-8,11,16-17H,9-10,12H2,1H3,(H,21,22). The molecule has 0 saturated heterocycles. The van der Waals surface area contributed by atoms with Gasteiger partial charge in [-0.05, 0) is 48.6 Å². The van der Waals surface area contributed by atoms with Gasteiger partial charge in [-0.25, -0.2) is 0 Å². The molecule has 1 aliphatic rings. The second kappa shape index (κ2) is 7.05. The van der Waals surface area contributed by atoms with Crippen molar-refractivity contribution in [2.24, 2.45) is 5.92 Å². The lowest BCUT2D eigenvalue weighted by Gasteiger charge is -2.08. The summed E-state index contributed by atoms with van der Waals surface area (Å²) in [5, 5.41) is 3.69. The van der Waals surface area contributed by atoms with E-state index in [4.69, 9.17) is 16.3 Å². The molecule has 1 aliphatic carbocycles. The number of rotatable bonds is 6. The molecule has 0 spiro atoms. The summed E-state index contributed by atoms with van der Waals surface area (Å²) >= 11 is 6.18. The van der Waals surface area contributed by atoms with Gasteiger partial charge in [-0.2, -0.15) is 0 Å². The van der Waals surface area contributed by atoms with Crippen LogP contribution in [0.3, 0.4) is 0 Å². The van der Waals surface area contributed by atoms with E-state index in [2.05, 4.69) is 5.32 Å². The highest BCUT2D eigenvalue weighted by atomic mass is 35.5. The molecule has 4 heteroatoms. The van der Waals surface area contributed by atoms with Gasteiger partial charge in [-0.15, -0.1) is 0 Å². The monoisotopic (exact) mass is 329 g/mol. The van der Waals surface area contributed by atoms with Crippen molar-refractivity contribution in [1.29, 1.82) is 0 Å². The number of hydrogen-bond acceptors (Lipinski definition) is 2. The molecule has 1 amide bonds. The molecule has 2 aromatic carbocycles. The van der Waals surface area contributed by atoms with E-state index in [9.17, 15) is 4.79 Å². The van der Waals surface area contributed by atoms with Crippen LogP contribution < -0.4 is 10.1 Å². The Morgan fingerprint density at radius 1 is 1.26 bits per heavy atom. The van der Waals surface area contributed by atoms with E-state index >= 15 is 0 Å². The van der Waals surface area contributed by atoms with E-state index in [1.54, 1.807) is 0 Å². The van der Waals surface area contributed by atoms with Crippen LogP contribution in [0.5, 0.6) is 5.75 Å². The van der Waals surface area contributed by atoms with E-state index in [-0.39, 0.29) is 17.7 Å². The molecule has 0 aliphatic heterocycles. The van der Waals surface area contributed by atoms with Gasteiger partial charge in [0.2, 0.25) is 5.91 Å². The number of carbonyl (C=O) groups is 1. The second-order valence-electron chi connectivity index (χ2n) is 5.93. The first-order chi connectivity index (χ1) is 11.1. The van der Waals surface area contributed by atoms with Crippen LogP contribution in [-0.2, 0) is 4.79 Å². The highest BCUT2D eigenvalue weighted by molar-refractivity contribution is 6.31. The lowest BCUT2D eigenvalue weighted by Crippen LogP contribution is -2.29. The van der Waals surface area contributed by atoms with E-state index in [1.165, 1.54) is 0 Å². The zero-order valence-corrected chi connectivity index (χ0v) is 13.8. The van der Waals surface area contributed by atoms with Crippen molar-refractivity contribution in [3.05, 3.63) is 64.7 Å². The molecule has 0 heterocycles. The highest BCUT2D eigenvalue weighted by Crippen LogP contribution is 2.49. The Kier molecular flexibility index (Phi) is 4.87. The van der Waals surface area contributed by atoms with Gasteiger partial charge < -0.3 is 10.1 Å². The number of ether oxygens (including phenoxy) is 1. The van der Waals surface area contributed by atoms with E-state index in [1.807, 2.05) is 55.5 Å². The largest absolute Gasteiger partial charge is 0.492 e. The number of carbonyl (C=O) groups excluding carboxylic acids is 1. The molecular formula is C19H20ClNO2. The molecule has 120 valence electrons. The predicted octanol–water partition coefficient (Wildman–Crippen LogP) is 3.95. The lowest BCUT2D eigenvalue weighted by molar-refractivity contribution is -0.122. The molecule has 0 aromatic heterocycles. The van der Waals surface area contributed by atoms with Crippen molar-refractivity contribution >= 4 is 17.5 Å². The van der Waals surface area contributed by atoms with Gasteiger partial charge in [0.1, 0.15) is 12.4 Å². The first kappa shape index (κ1) is 15.9. The number of aryl methyl sites for hydroxylation is 1. The molecule has 0 radical (unpaired) electrons. The third-order valence-electron chi connectivity index (χ3n) is 4.09. The Balaban J connectivity index is 1.42. The van der Waals surface area contributed by atoms with Crippen molar-refractivity contribution in [3.8, 4) is 5.75 Å². The molecule has 0 bridgehead atoms. The van der Waals surface area contributed by atoms with Crippen molar-refractivity contribution < 1.29 is 9.53 Å². The van der Waals surface area contributed by atoms with Crippen molar-refractivity contribution in [3.63, 3.8) is 0 Å². The van der Waals surface area contributed by atoms with E-state index in [0.29, 0.717) is 13.2 Å². The molecule has 23 heavy (non-hydrogen) atoms. The third-order valence-corrected chi connectivity index (χ3v) is 4.44. The van der Waals surface area contributed by atoms with Crippen LogP contribution in [0.4, 0.5) is 0 Å². The number of hydrogen-bond donors (Lipinski definition) is 1. The summed E-state index contributed by atoms with van der Waals surface area (Å²) in [4.78, 5) is 12.2. The molecule has 3 nitrogen and oxygen atoms in total. The van der Waals surface area contributed by atoms with Crippen LogP contribution in [0, 0.1) is 12.8 Å². The molecule has 2 atom stereocenters. The van der Waals surface area contributed by atoms with Crippen LogP contribution >= 0.6 is 11.6 Å². The van der Waals surface area contributed by atoms with Crippen molar-refractivity contribution in [1.82, 2.24) is 5.32 Å². The smallest absolute Gasteiger partial charge is 0.223 e. The molecule has 2 aromatic rings. The maximum Gasteiger partial charge on any atom is 0.223 e. The highest BCUT2D eigenvalue weighted by Gasteiger charge is 2.44. The quantitative estimate of drug-likeness (QED) is 0.815. The third kappa shape index (κ3) is 4.05. The first-order valence-corrected chi connectivity index (χ1v) is 8.24. The number of amides is 1. The number of halogens is 1. The van der Waals surface area contributed by atoms with Gasteiger partial charge in [0.25, 0.3) is 0 Å². The average Bonchev–Trinajstić information content (AvgIpc) is 3.32. The van der Waals surface area contributed by atoms with Gasteiger partial charge in [-0.3, -0.25) is 4.79 Å². The minimum Gasteiger partial charge on any atom is -0.492 e. The van der Waals surface area contributed by atoms with Crippen LogP contribution in [0.15, 0.2) is 48.5 Å². The summed E-state index contributed by atoms with van der Waals surface area (Å²) in [5.74, 6) is 1.21. The summed E-state index contributed by atoms with van der Waals surface area (Å²) in [7, 11) is 0. The van der Waals surface area contributed by atoms with Gasteiger partial charge >= 0.3 is 0 Å². The SMILES string of the molecule is Cc1cccc(OCCNC(=O)C2CC2c2ccccc2Cl)c1. The zero-order valence-electron chi connectivity index (χ0n) is 13.1. The maximum atomic E-state index is 12.2. The van der Waals surface area contributed by atoms with Crippen LogP contribution in [-0.4, -0.2) is 19.1 Å². The number of nitrogens with one attached hydrogen (secondary N) is 1. The number of benzene rings is 2. The summed E-state index contributed by atoms with van der Waals surface area (Å²) in [6, 6.07) is 15.6. The van der Waals surface area contributed by atoms with Gasteiger partial charge in [0.15, 0.2) is 0 Å². The van der Waals surface area contributed by atoms with Crippen molar-refractivity contribution in [2.45, 2.75) is 19.3 Å². The fourth-order valence-corrected chi connectivity index (χ4v) is 3.06. The molecule has 2 unspecified atom stereocenters. The maximum absolute atomic E-state index is 12.2. The topological polar surface area (TPSA) is 38.3 Å². The minimum absolute atomic E-state index is 0.0360. The molecule has 1 fully saturated rings. The molecular weight excluding hydrogens is 310 g/mol. The van der Waals surface area contributed by atoms with Gasteiger partial charge in [-0.1, -0.05) is 41.9 Å². The molecule has 1 N–H and O–H groups in total. The Labute approximate surface area is 141 Å². The minimum atomic E-state index is 0.0360. The lowest BCUT2D eigenvalue weighted by atomic mass is 10.1. The average molecular weight is 330 g/mol. The second-order valence-corrected chi connectivity index (χ2v) is 6.33. The zero-order chi connectivity index (χ0) is 16.2. The van der Waals surface area contributed by atoms with E-state index in [0.717, 1.165) is 28.3 Å². The van der Waals surface area contributed by atoms with Crippen LogP contribution in [0.1, 0.15) is 23.5 Å².